The number of rotatable bonds is 6. The normalized spacial score (nSPS) is 11.9. The molecule has 146 valence electrons. The van der Waals surface area contributed by atoms with Gasteiger partial charge in [-0.05, 0) is 45.0 Å². The van der Waals surface area contributed by atoms with Gasteiger partial charge in [-0.15, -0.1) is 5.10 Å². The molecular formula is C20H20F2N4O2. The fourth-order valence-electron chi connectivity index (χ4n) is 2.61. The van der Waals surface area contributed by atoms with Gasteiger partial charge in [0.25, 0.3) is 5.91 Å². The Kier molecular flexibility index (Phi) is 5.67. The van der Waals surface area contributed by atoms with E-state index in [0.29, 0.717) is 5.69 Å². The zero-order valence-corrected chi connectivity index (χ0v) is 15.7. The van der Waals surface area contributed by atoms with Crippen molar-refractivity contribution in [2.45, 2.75) is 26.8 Å². The lowest BCUT2D eigenvalue weighted by Gasteiger charge is -2.15. The van der Waals surface area contributed by atoms with Crippen LogP contribution in [-0.4, -0.2) is 33.5 Å². The second-order valence-electron chi connectivity index (χ2n) is 6.53. The highest BCUT2D eigenvalue weighted by molar-refractivity contribution is 5.93. The molecule has 0 saturated carbocycles. The molecule has 0 saturated heterocycles. The molecule has 2 aromatic carbocycles. The lowest BCUT2D eigenvalue weighted by atomic mass is 10.2. The van der Waals surface area contributed by atoms with Gasteiger partial charge in [0.1, 0.15) is 12.4 Å². The van der Waals surface area contributed by atoms with Gasteiger partial charge < -0.3 is 10.1 Å². The van der Waals surface area contributed by atoms with Gasteiger partial charge in [-0.1, -0.05) is 22.9 Å². The quantitative estimate of drug-likeness (QED) is 0.705. The van der Waals surface area contributed by atoms with Crippen molar-refractivity contribution in [2.24, 2.45) is 0 Å². The number of ether oxygens (including phenoxy) is 1. The largest absolute Gasteiger partial charge is 0.488 e. The number of aryl methyl sites for hydroxylation is 1. The molecule has 1 N–H and O–H groups in total. The first-order chi connectivity index (χ1) is 13.3. The van der Waals surface area contributed by atoms with Gasteiger partial charge in [-0.2, -0.15) is 0 Å². The van der Waals surface area contributed by atoms with Crippen molar-refractivity contribution in [3.05, 3.63) is 71.1 Å². The molecule has 0 spiro atoms. The molecule has 0 fully saturated rings. The Bertz CT molecular complexity index is 986. The Morgan fingerprint density at radius 1 is 1.18 bits per heavy atom. The summed E-state index contributed by atoms with van der Waals surface area (Å²) in [6.45, 7) is 5.46. The number of nitrogens with zero attached hydrogens (tertiary/aromatic N) is 3. The number of amides is 1. The molecule has 0 aliphatic carbocycles. The molecule has 1 unspecified atom stereocenters. The number of hydrogen-bond acceptors (Lipinski definition) is 4. The molecule has 3 aromatic rings. The van der Waals surface area contributed by atoms with Crippen LogP contribution in [0.3, 0.4) is 0 Å². The zero-order valence-electron chi connectivity index (χ0n) is 15.7. The highest BCUT2D eigenvalue weighted by Gasteiger charge is 2.19. The van der Waals surface area contributed by atoms with Crippen molar-refractivity contribution in [3.8, 4) is 11.4 Å². The van der Waals surface area contributed by atoms with E-state index in [-0.39, 0.29) is 18.1 Å². The number of benzene rings is 2. The number of halogens is 2. The molecule has 1 amide bonds. The van der Waals surface area contributed by atoms with Crippen LogP contribution in [0, 0.1) is 25.5 Å². The summed E-state index contributed by atoms with van der Waals surface area (Å²) in [5.41, 5.74) is 2.71. The molecule has 3 rings (SSSR count). The summed E-state index contributed by atoms with van der Waals surface area (Å²) in [6.07, 6.45) is 0. The Balaban J connectivity index is 1.63. The number of carbonyl (C=O) groups excluding carboxylic acids is 1. The van der Waals surface area contributed by atoms with Crippen LogP contribution in [0.5, 0.6) is 5.75 Å². The Morgan fingerprint density at radius 3 is 2.57 bits per heavy atom. The Morgan fingerprint density at radius 2 is 1.89 bits per heavy atom. The van der Waals surface area contributed by atoms with E-state index in [1.807, 2.05) is 31.2 Å². The van der Waals surface area contributed by atoms with Crippen LogP contribution >= 0.6 is 0 Å². The fraction of sp³-hybridized carbons (Fsp3) is 0.250. The van der Waals surface area contributed by atoms with Crippen LogP contribution in [0.4, 0.5) is 8.78 Å². The predicted octanol–water partition coefficient (Wildman–Crippen LogP) is 3.36. The Labute approximate surface area is 161 Å². The maximum Gasteiger partial charge on any atom is 0.274 e. The van der Waals surface area contributed by atoms with Crippen LogP contribution < -0.4 is 10.1 Å². The third-order valence-corrected chi connectivity index (χ3v) is 4.15. The summed E-state index contributed by atoms with van der Waals surface area (Å²) in [5, 5.41) is 10.8. The van der Waals surface area contributed by atoms with E-state index in [1.165, 1.54) is 6.07 Å². The summed E-state index contributed by atoms with van der Waals surface area (Å²) in [7, 11) is 0. The average molecular weight is 386 g/mol. The van der Waals surface area contributed by atoms with E-state index in [2.05, 4.69) is 15.6 Å². The van der Waals surface area contributed by atoms with E-state index < -0.39 is 23.6 Å². The predicted molar refractivity (Wildman–Crippen MR) is 99.6 cm³/mol. The minimum atomic E-state index is -0.796. The van der Waals surface area contributed by atoms with E-state index in [9.17, 15) is 13.6 Å². The number of carbonyl (C=O) groups is 1. The molecule has 1 atom stereocenters. The second kappa shape index (κ2) is 8.16. The van der Waals surface area contributed by atoms with Crippen molar-refractivity contribution < 1.29 is 18.3 Å². The summed E-state index contributed by atoms with van der Waals surface area (Å²) < 4.78 is 33.4. The molecule has 1 aromatic heterocycles. The Hall–Kier alpha value is -3.29. The van der Waals surface area contributed by atoms with Gasteiger partial charge in [0.2, 0.25) is 0 Å². The zero-order chi connectivity index (χ0) is 20.3. The van der Waals surface area contributed by atoms with Crippen LogP contribution in [0.1, 0.15) is 28.7 Å². The molecule has 0 bridgehead atoms. The van der Waals surface area contributed by atoms with E-state index in [4.69, 9.17) is 4.74 Å². The monoisotopic (exact) mass is 386 g/mol. The third-order valence-electron chi connectivity index (χ3n) is 4.15. The SMILES string of the molecule is Cc1ccc(-n2nnc(C(=O)NC(C)COc3ccc(F)cc3F)c2C)cc1. The van der Waals surface area contributed by atoms with E-state index in [1.54, 1.807) is 18.5 Å². The lowest BCUT2D eigenvalue weighted by molar-refractivity contribution is 0.0920. The second-order valence-corrected chi connectivity index (χ2v) is 6.53. The van der Waals surface area contributed by atoms with Gasteiger partial charge >= 0.3 is 0 Å². The van der Waals surface area contributed by atoms with Crippen LogP contribution in [0.15, 0.2) is 42.5 Å². The van der Waals surface area contributed by atoms with Crippen molar-refractivity contribution in [1.29, 1.82) is 0 Å². The van der Waals surface area contributed by atoms with Crippen molar-refractivity contribution in [1.82, 2.24) is 20.3 Å². The van der Waals surface area contributed by atoms with Crippen molar-refractivity contribution in [3.63, 3.8) is 0 Å². The molecule has 8 heteroatoms. The first-order valence-electron chi connectivity index (χ1n) is 8.73. The summed E-state index contributed by atoms with van der Waals surface area (Å²) in [4.78, 5) is 12.5. The van der Waals surface area contributed by atoms with Crippen LogP contribution in [-0.2, 0) is 0 Å². The first-order valence-corrected chi connectivity index (χ1v) is 8.73. The van der Waals surface area contributed by atoms with Crippen LogP contribution in [0.25, 0.3) is 5.69 Å². The minimum Gasteiger partial charge on any atom is -0.488 e. The number of aromatic nitrogens is 3. The highest BCUT2D eigenvalue weighted by atomic mass is 19.1. The number of hydrogen-bond donors (Lipinski definition) is 1. The molecule has 28 heavy (non-hydrogen) atoms. The lowest BCUT2D eigenvalue weighted by Crippen LogP contribution is -2.37. The number of nitrogens with one attached hydrogen (secondary N) is 1. The summed E-state index contributed by atoms with van der Waals surface area (Å²) in [6, 6.07) is 10.3. The topological polar surface area (TPSA) is 69.0 Å². The van der Waals surface area contributed by atoms with Crippen LogP contribution in [0.2, 0.25) is 0 Å². The molecule has 0 aliphatic rings. The standard InChI is InChI=1S/C20H20F2N4O2/c1-12-4-7-16(8-5-12)26-14(3)19(24-25-26)20(27)23-13(2)11-28-18-9-6-15(21)10-17(18)22/h4-10,13H,11H2,1-3H3,(H,23,27). The molecule has 1 heterocycles. The highest BCUT2D eigenvalue weighted by Crippen LogP contribution is 2.18. The van der Waals surface area contributed by atoms with Crippen molar-refractivity contribution in [2.75, 3.05) is 6.61 Å². The smallest absolute Gasteiger partial charge is 0.274 e. The average Bonchev–Trinajstić information content (AvgIpc) is 3.03. The fourth-order valence-corrected chi connectivity index (χ4v) is 2.61. The molecule has 0 aliphatic heterocycles. The van der Waals surface area contributed by atoms with Gasteiger partial charge in [0.15, 0.2) is 17.3 Å². The summed E-state index contributed by atoms with van der Waals surface area (Å²) in [5.74, 6) is -1.97. The molecule has 0 radical (unpaired) electrons. The van der Waals surface area contributed by atoms with Crippen molar-refractivity contribution >= 4 is 5.91 Å². The maximum absolute atomic E-state index is 13.6. The van der Waals surface area contributed by atoms with E-state index >= 15 is 0 Å². The van der Waals surface area contributed by atoms with E-state index in [0.717, 1.165) is 23.4 Å². The minimum absolute atomic E-state index is 0.0133. The molecular weight excluding hydrogens is 366 g/mol. The van der Waals surface area contributed by atoms with Gasteiger partial charge in [-0.25, -0.2) is 13.5 Å². The first kappa shape index (κ1) is 19.5. The third kappa shape index (κ3) is 4.33. The van der Waals surface area contributed by atoms with Gasteiger partial charge in [0, 0.05) is 6.07 Å². The summed E-state index contributed by atoms with van der Waals surface area (Å²) >= 11 is 0. The van der Waals surface area contributed by atoms with Gasteiger partial charge in [0.05, 0.1) is 17.4 Å². The molecule has 6 nitrogen and oxygen atoms in total. The maximum atomic E-state index is 13.6. The van der Waals surface area contributed by atoms with Gasteiger partial charge in [-0.3, -0.25) is 4.79 Å².